The monoisotopic (exact) mass is 532 g/mol. The molecule has 0 aliphatic heterocycles. The average Bonchev–Trinajstić information content (AvgIpc) is 3.16. The van der Waals surface area contributed by atoms with E-state index in [1.54, 1.807) is 37.6 Å². The number of thiophene rings is 1. The van der Waals surface area contributed by atoms with Crippen LogP contribution in [0, 0.1) is 5.82 Å². The number of hydrogen-bond acceptors (Lipinski definition) is 3. The molecule has 0 atom stereocenters. The third kappa shape index (κ3) is 8.69. The molecule has 0 radical (unpaired) electrons. The van der Waals surface area contributed by atoms with Gasteiger partial charge in [0, 0.05) is 37.5 Å². The van der Waals surface area contributed by atoms with E-state index in [1.807, 2.05) is 26.0 Å². The Bertz CT molecular complexity index is 794. The summed E-state index contributed by atoms with van der Waals surface area (Å²) >= 11 is 1.72. The maximum atomic E-state index is 13.6. The average molecular weight is 532 g/mol. The molecular formula is C21H30FIN4OS. The standard InChI is InChI=1S/C21H29FN4OS.HI/c1-21(2,16-7-5-8-17(22)13-16)15-25-20(24-14-19(27)26(3)4)23-11-10-18-9-6-12-28-18;/h5-9,12-13H,10-11,14-15H2,1-4H3,(H2,23,24,25);1H. The second-order valence-electron chi connectivity index (χ2n) is 7.46. The fourth-order valence-corrected chi connectivity index (χ4v) is 3.25. The summed E-state index contributed by atoms with van der Waals surface area (Å²) in [5.74, 6) is 0.269. The van der Waals surface area contributed by atoms with Gasteiger partial charge < -0.3 is 15.5 Å². The van der Waals surface area contributed by atoms with E-state index in [-0.39, 0.29) is 47.7 Å². The molecule has 5 nitrogen and oxygen atoms in total. The molecule has 0 saturated heterocycles. The molecule has 160 valence electrons. The highest BCUT2D eigenvalue weighted by atomic mass is 127. The Labute approximate surface area is 193 Å². The lowest BCUT2D eigenvalue weighted by Crippen LogP contribution is -2.44. The number of guanidine groups is 1. The minimum absolute atomic E-state index is 0. The van der Waals surface area contributed by atoms with E-state index in [0.29, 0.717) is 19.0 Å². The molecule has 2 N–H and O–H groups in total. The van der Waals surface area contributed by atoms with Crippen LogP contribution in [-0.2, 0) is 16.6 Å². The minimum atomic E-state index is -0.302. The first-order valence-corrected chi connectivity index (χ1v) is 10.2. The molecule has 2 rings (SSSR count). The van der Waals surface area contributed by atoms with E-state index in [9.17, 15) is 9.18 Å². The summed E-state index contributed by atoms with van der Waals surface area (Å²) in [6.07, 6.45) is 0.882. The Kier molecular flexibility index (Phi) is 10.6. The molecule has 1 aromatic carbocycles. The van der Waals surface area contributed by atoms with E-state index < -0.39 is 0 Å². The van der Waals surface area contributed by atoms with E-state index in [0.717, 1.165) is 12.0 Å². The van der Waals surface area contributed by atoms with Crippen molar-refractivity contribution in [3.63, 3.8) is 0 Å². The number of halogens is 2. The molecule has 1 aromatic heterocycles. The molecule has 0 spiro atoms. The van der Waals surface area contributed by atoms with Crippen LogP contribution in [0.2, 0.25) is 0 Å². The number of nitrogens with one attached hydrogen (secondary N) is 2. The summed E-state index contributed by atoms with van der Waals surface area (Å²) in [5.41, 5.74) is 0.603. The van der Waals surface area contributed by atoms with Crippen molar-refractivity contribution in [1.82, 2.24) is 15.5 Å². The van der Waals surface area contributed by atoms with Gasteiger partial charge in [-0.05, 0) is 35.6 Å². The van der Waals surface area contributed by atoms with Gasteiger partial charge in [-0.25, -0.2) is 9.38 Å². The van der Waals surface area contributed by atoms with Gasteiger partial charge in [0.1, 0.15) is 12.4 Å². The van der Waals surface area contributed by atoms with Crippen molar-refractivity contribution in [2.24, 2.45) is 4.99 Å². The molecule has 0 saturated carbocycles. The highest BCUT2D eigenvalue weighted by Gasteiger charge is 2.21. The van der Waals surface area contributed by atoms with Crippen molar-refractivity contribution in [1.29, 1.82) is 0 Å². The van der Waals surface area contributed by atoms with Gasteiger partial charge in [-0.1, -0.05) is 32.0 Å². The minimum Gasteiger partial charge on any atom is -0.356 e. The Hall–Kier alpha value is -1.68. The van der Waals surface area contributed by atoms with Gasteiger partial charge in [-0.3, -0.25) is 4.79 Å². The normalized spacial score (nSPS) is 11.6. The molecule has 0 aliphatic rings. The molecule has 0 bridgehead atoms. The Morgan fingerprint density at radius 2 is 1.97 bits per heavy atom. The summed E-state index contributed by atoms with van der Waals surface area (Å²) in [5, 5.41) is 8.65. The van der Waals surface area contributed by atoms with E-state index in [4.69, 9.17) is 0 Å². The predicted octanol–water partition coefficient (Wildman–Crippen LogP) is 3.65. The predicted molar refractivity (Wildman–Crippen MR) is 130 cm³/mol. The largest absolute Gasteiger partial charge is 0.356 e. The lowest BCUT2D eigenvalue weighted by molar-refractivity contribution is -0.127. The van der Waals surface area contributed by atoms with E-state index in [1.165, 1.54) is 15.8 Å². The first-order valence-electron chi connectivity index (χ1n) is 9.29. The maximum absolute atomic E-state index is 13.6. The van der Waals surface area contributed by atoms with Crippen molar-refractivity contribution in [3.05, 3.63) is 58.0 Å². The zero-order valence-electron chi connectivity index (χ0n) is 17.4. The summed E-state index contributed by atoms with van der Waals surface area (Å²) in [6, 6.07) is 10.8. The third-order valence-corrected chi connectivity index (χ3v) is 5.36. The Balaban J connectivity index is 0.00000420. The van der Waals surface area contributed by atoms with E-state index in [2.05, 4.69) is 27.1 Å². The molecule has 29 heavy (non-hydrogen) atoms. The fraction of sp³-hybridized carbons (Fsp3) is 0.429. The molecule has 0 fully saturated rings. The van der Waals surface area contributed by atoms with Crippen LogP contribution in [0.15, 0.2) is 46.8 Å². The fourth-order valence-electron chi connectivity index (χ4n) is 2.54. The zero-order chi connectivity index (χ0) is 20.6. The van der Waals surface area contributed by atoms with Gasteiger partial charge in [0.25, 0.3) is 0 Å². The van der Waals surface area contributed by atoms with Crippen molar-refractivity contribution in [2.45, 2.75) is 25.7 Å². The quantitative estimate of drug-likeness (QED) is 0.310. The number of rotatable bonds is 8. The molecule has 0 unspecified atom stereocenters. The number of benzene rings is 1. The topological polar surface area (TPSA) is 56.7 Å². The molecule has 8 heteroatoms. The first kappa shape index (κ1) is 25.4. The van der Waals surface area contributed by atoms with Crippen molar-refractivity contribution >= 4 is 47.2 Å². The van der Waals surface area contributed by atoms with Gasteiger partial charge in [0.2, 0.25) is 5.91 Å². The van der Waals surface area contributed by atoms with Crippen LogP contribution in [0.1, 0.15) is 24.3 Å². The summed E-state index contributed by atoms with van der Waals surface area (Å²) in [7, 11) is 3.42. The second kappa shape index (κ2) is 12.1. The van der Waals surface area contributed by atoms with Gasteiger partial charge >= 0.3 is 0 Å². The number of amides is 1. The van der Waals surface area contributed by atoms with Crippen LogP contribution in [0.3, 0.4) is 0 Å². The van der Waals surface area contributed by atoms with Crippen molar-refractivity contribution in [2.75, 3.05) is 33.7 Å². The summed E-state index contributed by atoms with van der Waals surface area (Å²) in [6.45, 7) is 5.42. The van der Waals surface area contributed by atoms with Gasteiger partial charge in [-0.2, -0.15) is 0 Å². The first-order chi connectivity index (χ1) is 13.3. The number of likely N-dealkylation sites (N-methyl/N-ethyl adjacent to an activating group) is 1. The molecule has 1 amide bonds. The second-order valence-corrected chi connectivity index (χ2v) is 8.49. The number of hydrogen-bond donors (Lipinski definition) is 2. The van der Waals surface area contributed by atoms with Crippen molar-refractivity contribution < 1.29 is 9.18 Å². The molecule has 2 aromatic rings. The zero-order valence-corrected chi connectivity index (χ0v) is 20.5. The van der Waals surface area contributed by atoms with Gasteiger partial charge in [-0.15, -0.1) is 35.3 Å². The van der Waals surface area contributed by atoms with Gasteiger partial charge in [0.15, 0.2) is 5.96 Å². The third-order valence-electron chi connectivity index (χ3n) is 4.42. The SMILES string of the molecule is CN(C)C(=O)CN=C(NCCc1cccs1)NCC(C)(C)c1cccc(F)c1.I. The molecule has 1 heterocycles. The van der Waals surface area contributed by atoms with E-state index >= 15 is 0 Å². The molecular weight excluding hydrogens is 502 g/mol. The highest BCUT2D eigenvalue weighted by molar-refractivity contribution is 14.0. The smallest absolute Gasteiger partial charge is 0.243 e. The number of carbonyl (C=O) groups excluding carboxylic acids is 1. The van der Waals surface area contributed by atoms with Crippen LogP contribution in [-0.4, -0.2) is 50.5 Å². The van der Waals surface area contributed by atoms with Crippen LogP contribution in [0.4, 0.5) is 4.39 Å². The number of carbonyl (C=O) groups is 1. The highest BCUT2D eigenvalue weighted by Crippen LogP contribution is 2.22. The van der Waals surface area contributed by atoms with Crippen molar-refractivity contribution in [3.8, 4) is 0 Å². The summed E-state index contributed by atoms with van der Waals surface area (Å²) in [4.78, 5) is 19.1. The number of aliphatic imine (C=N–C) groups is 1. The van der Waals surface area contributed by atoms with Crippen LogP contribution >= 0.6 is 35.3 Å². The van der Waals surface area contributed by atoms with Crippen LogP contribution in [0.5, 0.6) is 0 Å². The maximum Gasteiger partial charge on any atom is 0.243 e. The molecule has 0 aliphatic carbocycles. The van der Waals surface area contributed by atoms with Crippen LogP contribution < -0.4 is 10.6 Å². The summed E-state index contributed by atoms with van der Waals surface area (Å²) < 4.78 is 13.6. The Morgan fingerprint density at radius 1 is 1.21 bits per heavy atom. The number of nitrogens with zero attached hydrogens (tertiary/aromatic N) is 2. The van der Waals surface area contributed by atoms with Gasteiger partial charge in [0.05, 0.1) is 0 Å². The van der Waals surface area contributed by atoms with Crippen LogP contribution in [0.25, 0.3) is 0 Å². The lowest BCUT2D eigenvalue weighted by atomic mass is 9.84. The lowest BCUT2D eigenvalue weighted by Gasteiger charge is -2.27. The Morgan fingerprint density at radius 3 is 2.59 bits per heavy atom.